The van der Waals surface area contributed by atoms with E-state index >= 15 is 0 Å². The van der Waals surface area contributed by atoms with Crippen molar-refractivity contribution in [1.29, 1.82) is 0 Å². The first-order chi connectivity index (χ1) is 17.7. The zero-order chi connectivity index (χ0) is 27.7. The van der Waals surface area contributed by atoms with Gasteiger partial charge in [0.05, 0.1) is 6.54 Å². The first-order valence-corrected chi connectivity index (χ1v) is 14.2. The van der Waals surface area contributed by atoms with Gasteiger partial charge in [-0.3, -0.25) is 19.2 Å². The minimum absolute atomic E-state index is 0.0129. The Labute approximate surface area is 222 Å². The van der Waals surface area contributed by atoms with E-state index in [1.54, 1.807) is 0 Å². The van der Waals surface area contributed by atoms with E-state index in [1.165, 1.54) is 64.7 Å². The van der Waals surface area contributed by atoms with Crippen molar-refractivity contribution < 1.29 is 34.2 Å². The maximum atomic E-state index is 12.1. The van der Waals surface area contributed by atoms with Crippen LogP contribution in [0.2, 0.25) is 0 Å². The molecule has 0 saturated carbocycles. The van der Waals surface area contributed by atoms with Gasteiger partial charge in [-0.25, -0.2) is 4.79 Å². The van der Waals surface area contributed by atoms with Crippen LogP contribution in [0.25, 0.3) is 0 Å². The molecule has 214 valence electrons. The fourth-order valence-corrected chi connectivity index (χ4v) is 4.15. The predicted molar refractivity (Wildman–Crippen MR) is 143 cm³/mol. The zero-order valence-electron chi connectivity index (χ0n) is 22.9. The molecule has 0 fully saturated rings. The zero-order valence-corrected chi connectivity index (χ0v) is 22.9. The Morgan fingerprint density at radius 3 is 1.35 bits per heavy atom. The Bertz CT molecular complexity index is 667. The molecule has 0 aliphatic rings. The van der Waals surface area contributed by atoms with E-state index < -0.39 is 23.9 Å². The summed E-state index contributed by atoms with van der Waals surface area (Å²) in [5, 5.41) is 22.8. The van der Waals surface area contributed by atoms with Crippen LogP contribution in [0.4, 0.5) is 0 Å². The Morgan fingerprint density at radius 2 is 0.973 bits per heavy atom. The van der Waals surface area contributed by atoms with Gasteiger partial charge in [0.2, 0.25) is 11.8 Å². The fourth-order valence-electron chi connectivity index (χ4n) is 4.15. The summed E-state index contributed by atoms with van der Waals surface area (Å²) in [6.07, 6.45) is 18.6. The van der Waals surface area contributed by atoms with Gasteiger partial charge in [-0.2, -0.15) is 0 Å². The summed E-state index contributed by atoms with van der Waals surface area (Å²) in [5.41, 5.74) is 0. The smallest absolute Gasteiger partial charge is 0.326 e. The van der Waals surface area contributed by atoms with Crippen molar-refractivity contribution in [3.05, 3.63) is 0 Å². The minimum atomic E-state index is -1.17. The molecule has 0 spiro atoms. The molecule has 0 radical (unpaired) electrons. The normalized spacial score (nSPS) is 11.6. The van der Waals surface area contributed by atoms with Gasteiger partial charge in [0, 0.05) is 19.3 Å². The molecule has 0 heterocycles. The summed E-state index contributed by atoms with van der Waals surface area (Å²) in [5.74, 6) is -2.77. The number of carboxylic acids is 2. The molecule has 1 atom stereocenters. The van der Waals surface area contributed by atoms with Crippen LogP contribution in [0.3, 0.4) is 0 Å². The highest BCUT2D eigenvalue weighted by Gasteiger charge is 2.20. The van der Waals surface area contributed by atoms with Gasteiger partial charge >= 0.3 is 11.9 Å². The van der Waals surface area contributed by atoms with Crippen LogP contribution in [0.1, 0.15) is 135 Å². The number of carbonyl (C=O) groups excluding carboxylic acids is 3. The van der Waals surface area contributed by atoms with Gasteiger partial charge in [0.1, 0.15) is 11.8 Å². The van der Waals surface area contributed by atoms with Crippen molar-refractivity contribution in [2.75, 3.05) is 6.54 Å². The molecule has 0 aliphatic carbocycles. The molecule has 0 bridgehead atoms. The van der Waals surface area contributed by atoms with Crippen molar-refractivity contribution in [2.24, 2.45) is 0 Å². The second-order valence-electron chi connectivity index (χ2n) is 10.0. The van der Waals surface area contributed by atoms with Gasteiger partial charge < -0.3 is 20.8 Å². The van der Waals surface area contributed by atoms with Crippen molar-refractivity contribution in [1.82, 2.24) is 10.6 Å². The summed E-state index contributed by atoms with van der Waals surface area (Å²) in [4.78, 5) is 56.4. The number of Topliss-reactive ketones (excluding diaryl/α,β-unsaturated/α-hetero) is 1. The van der Waals surface area contributed by atoms with E-state index in [2.05, 4.69) is 10.6 Å². The lowest BCUT2D eigenvalue weighted by Gasteiger charge is -2.14. The highest BCUT2D eigenvalue weighted by atomic mass is 16.4. The predicted octanol–water partition coefficient (Wildman–Crippen LogP) is 5.15. The molecule has 9 nitrogen and oxygen atoms in total. The van der Waals surface area contributed by atoms with Gasteiger partial charge in [-0.1, -0.05) is 89.9 Å². The van der Waals surface area contributed by atoms with Crippen LogP contribution in [0.15, 0.2) is 0 Å². The summed E-state index contributed by atoms with van der Waals surface area (Å²) in [7, 11) is 0. The molecule has 4 N–H and O–H groups in total. The minimum Gasteiger partial charge on any atom is -0.481 e. The molecule has 0 aliphatic heterocycles. The van der Waals surface area contributed by atoms with Crippen LogP contribution in [0, 0.1) is 0 Å². The number of hydrogen-bond acceptors (Lipinski definition) is 5. The summed E-state index contributed by atoms with van der Waals surface area (Å²) in [6, 6.07) is -1.11. The van der Waals surface area contributed by atoms with Crippen LogP contribution >= 0.6 is 0 Å². The highest BCUT2D eigenvalue weighted by Crippen LogP contribution is 2.14. The third kappa shape index (κ3) is 25.0. The van der Waals surface area contributed by atoms with Crippen LogP contribution < -0.4 is 10.6 Å². The average Bonchev–Trinajstić information content (AvgIpc) is 2.84. The number of rotatable bonds is 26. The third-order valence-corrected chi connectivity index (χ3v) is 6.37. The fraction of sp³-hybridized carbons (Fsp3) is 0.821. The SMILES string of the molecule is CC(=O)CNC(=O)CC[C@H](NC(=O)CCCCCCCCCCCCCCCCCCC(=O)O)C(=O)O. The summed E-state index contributed by atoms with van der Waals surface area (Å²) >= 11 is 0. The Balaban J connectivity index is 3.55. The van der Waals surface area contributed by atoms with Gasteiger partial charge in [-0.05, 0) is 26.2 Å². The van der Waals surface area contributed by atoms with Crippen LogP contribution in [-0.4, -0.2) is 52.3 Å². The Morgan fingerprint density at radius 1 is 0.568 bits per heavy atom. The quantitative estimate of drug-likeness (QED) is 0.114. The summed E-state index contributed by atoms with van der Waals surface area (Å²) in [6.45, 7) is 1.27. The molecule has 37 heavy (non-hydrogen) atoms. The molecule has 2 amide bonds. The first kappa shape index (κ1) is 34.6. The maximum Gasteiger partial charge on any atom is 0.326 e. The molecule has 0 unspecified atom stereocenters. The van der Waals surface area contributed by atoms with Crippen molar-refractivity contribution >= 4 is 29.5 Å². The Kier molecular flexibility index (Phi) is 22.3. The van der Waals surface area contributed by atoms with E-state index in [0.29, 0.717) is 6.42 Å². The lowest BCUT2D eigenvalue weighted by Crippen LogP contribution is -2.41. The molecule has 0 aromatic rings. The topological polar surface area (TPSA) is 150 Å². The maximum absolute atomic E-state index is 12.1. The van der Waals surface area contributed by atoms with E-state index in [1.807, 2.05) is 0 Å². The second kappa shape index (κ2) is 23.9. The molecule has 0 aromatic heterocycles. The lowest BCUT2D eigenvalue weighted by molar-refractivity contribution is -0.142. The Hall–Kier alpha value is -2.45. The molecular weight excluding hydrogens is 476 g/mol. The van der Waals surface area contributed by atoms with E-state index in [0.717, 1.165) is 44.9 Å². The standard InChI is InChI=1S/C28H50N2O7/c1-23(31)22-29-25(32)21-20-24(28(36)37)30-26(33)18-16-14-12-10-8-6-4-2-3-5-7-9-11-13-15-17-19-27(34)35/h24H,2-22H2,1H3,(H,29,32)(H,30,33)(H,34,35)(H,36,37)/t24-/m0/s1. The average molecular weight is 527 g/mol. The van der Waals surface area contributed by atoms with Crippen molar-refractivity contribution in [3.63, 3.8) is 0 Å². The molecule has 0 saturated heterocycles. The number of unbranched alkanes of at least 4 members (excludes halogenated alkanes) is 15. The lowest BCUT2D eigenvalue weighted by atomic mass is 10.0. The monoisotopic (exact) mass is 526 g/mol. The second-order valence-corrected chi connectivity index (χ2v) is 10.0. The van der Waals surface area contributed by atoms with Gasteiger partial charge in [-0.15, -0.1) is 0 Å². The summed E-state index contributed by atoms with van der Waals surface area (Å²) < 4.78 is 0. The number of aliphatic carboxylic acids is 2. The van der Waals surface area contributed by atoms with E-state index in [-0.39, 0.29) is 37.5 Å². The highest BCUT2D eigenvalue weighted by molar-refractivity contribution is 5.86. The molecule has 0 rings (SSSR count). The third-order valence-electron chi connectivity index (χ3n) is 6.37. The first-order valence-electron chi connectivity index (χ1n) is 14.2. The van der Waals surface area contributed by atoms with Crippen molar-refractivity contribution in [2.45, 2.75) is 141 Å². The van der Waals surface area contributed by atoms with E-state index in [4.69, 9.17) is 5.11 Å². The number of nitrogens with one attached hydrogen (secondary N) is 2. The number of hydrogen-bond donors (Lipinski definition) is 4. The number of carbonyl (C=O) groups is 5. The molecule has 0 aromatic carbocycles. The molecule has 9 heteroatoms. The molecular formula is C28H50N2O7. The van der Waals surface area contributed by atoms with Crippen LogP contribution in [-0.2, 0) is 24.0 Å². The largest absolute Gasteiger partial charge is 0.481 e. The van der Waals surface area contributed by atoms with Gasteiger partial charge in [0.15, 0.2) is 0 Å². The van der Waals surface area contributed by atoms with Crippen molar-refractivity contribution in [3.8, 4) is 0 Å². The van der Waals surface area contributed by atoms with Gasteiger partial charge in [0.25, 0.3) is 0 Å². The van der Waals surface area contributed by atoms with E-state index in [9.17, 15) is 29.1 Å². The van der Waals surface area contributed by atoms with Crippen LogP contribution in [0.5, 0.6) is 0 Å². The number of ketones is 1. The number of carboxylic acid groups (broad SMARTS) is 2. The number of amides is 2.